The Morgan fingerprint density at radius 2 is 0.364 bits per heavy atom. The molecule has 0 unspecified atom stereocenters. The Balaban J connectivity index is 1.00. The maximum Gasteiger partial charge on any atom is 0.261 e. The average molecular weight is 1570 g/mol. The smallest absolute Gasteiger partial charge is 0.261 e. The summed E-state index contributed by atoms with van der Waals surface area (Å²) < 4.78 is 5.88. The summed E-state index contributed by atoms with van der Waals surface area (Å²) in [5, 5.41) is 18.3. The van der Waals surface area contributed by atoms with Crippen molar-refractivity contribution < 1.29 is 0 Å². The van der Waals surface area contributed by atoms with Gasteiger partial charge >= 0.3 is 0 Å². The lowest BCUT2D eigenvalue weighted by molar-refractivity contribution is 0.530. The zero-order chi connectivity index (χ0) is 81.0. The number of hydrogen-bond acceptors (Lipinski definition) is 8. The Hall–Kier alpha value is -10.5. The van der Waals surface area contributed by atoms with E-state index in [1.165, 1.54) is 121 Å². The van der Waals surface area contributed by atoms with E-state index in [4.69, 9.17) is 0 Å². The third kappa shape index (κ3) is 13.2. The molecule has 0 N–H and O–H groups in total. The summed E-state index contributed by atoms with van der Waals surface area (Å²) in [5.41, 5.74) is 0.225. The van der Waals surface area contributed by atoms with Crippen molar-refractivity contribution in [3.63, 3.8) is 0 Å². The monoisotopic (exact) mass is 1570 g/mol. The zero-order valence-corrected chi connectivity index (χ0v) is 69.9. The zero-order valence-electron chi connectivity index (χ0n) is 69.9. The first-order valence-electron chi connectivity index (χ1n) is 45.9. The first-order chi connectivity index (χ1) is 57.9. The van der Waals surface area contributed by atoms with Crippen LogP contribution in [0.15, 0.2) is 160 Å². The molecule has 0 spiro atoms. The fourth-order valence-electron chi connectivity index (χ4n) is 21.8. The number of benzene rings is 14. The molecule has 0 radical (unpaired) electrons. The van der Waals surface area contributed by atoms with Crippen molar-refractivity contribution in [2.75, 3.05) is 0 Å². The molecule has 0 aliphatic carbocycles. The third-order valence-corrected chi connectivity index (χ3v) is 27.7. The van der Waals surface area contributed by atoms with Crippen LogP contribution in [0.25, 0.3) is 184 Å². The van der Waals surface area contributed by atoms with E-state index in [9.17, 15) is 0 Å². The van der Waals surface area contributed by atoms with Gasteiger partial charge < -0.3 is 0 Å². The van der Waals surface area contributed by atoms with E-state index in [1.807, 2.05) is 97.1 Å². The highest BCUT2D eigenvalue weighted by Gasteiger charge is 2.35. The fourth-order valence-corrected chi connectivity index (χ4v) is 21.8. The molecule has 12 nitrogen and oxygen atoms in total. The van der Waals surface area contributed by atoms with Crippen LogP contribution in [0.3, 0.4) is 0 Å². The average Bonchev–Trinajstić information content (AvgIpc) is 0.649. The topological polar surface area (TPSA) is 156 Å². The van der Waals surface area contributed by atoms with Crippen LogP contribution < -0.4 is 44.5 Å². The van der Waals surface area contributed by atoms with E-state index >= 15 is 38.4 Å². The van der Waals surface area contributed by atoms with Gasteiger partial charge in [0, 0.05) is 102 Å². The number of unbranched alkanes of at least 4 members (excludes halogenated alkanes) is 32. The lowest BCUT2D eigenvalue weighted by Gasteiger charge is -2.28. The summed E-state index contributed by atoms with van der Waals surface area (Å²) in [6.45, 7) is 9.85. The fraction of sp³-hybridized carbons (Fsp3) is 0.415. The van der Waals surface area contributed by atoms with Gasteiger partial charge in [0.25, 0.3) is 44.5 Å². The Bertz CT molecular complexity index is 6830. The highest BCUT2D eigenvalue weighted by atomic mass is 16.2. The molecule has 0 fully saturated rings. The molecule has 0 saturated carbocycles. The van der Waals surface area contributed by atoms with Gasteiger partial charge in [-0.25, -0.2) is 0 Å². The van der Waals surface area contributed by atoms with Gasteiger partial charge in [-0.2, -0.15) is 0 Å². The van der Waals surface area contributed by atoms with Gasteiger partial charge in [0.15, 0.2) is 0 Å². The van der Waals surface area contributed by atoms with Crippen molar-refractivity contribution in [3.05, 3.63) is 204 Å². The van der Waals surface area contributed by atoms with E-state index in [1.54, 1.807) is 0 Å². The Morgan fingerprint density at radius 3 is 0.627 bits per heavy atom. The largest absolute Gasteiger partial charge is 0.274 e. The van der Waals surface area contributed by atoms with Crippen molar-refractivity contribution in [3.8, 4) is 22.3 Å². The molecule has 604 valence electrons. The van der Waals surface area contributed by atoms with Crippen LogP contribution in [-0.4, -0.2) is 18.3 Å². The SMILES string of the molecule is CCCCCCCCCCCn1c(=O)c2ccc3c4c(-c5ccccc5)cc5c(=O)n(CCCCCCCCCCC)c(=O)c6cc7c8c9cc%10c(=O)n(CCCCCCCCCCC)c(=O)c%11cc(-c%12ccccc%12)c%12c%13ccc%14c(=O)n(CCCCCCCCCCC)c(=O)c%15cc(c8c8cc(c1=O)c2c3c8c7c4c56)c(c%13c%14%15)c9c%12c%11%10. The molecule has 14 aromatic carbocycles. The number of hydrogen-bond donors (Lipinski definition) is 0. The van der Waals surface area contributed by atoms with Crippen LogP contribution in [0.5, 0.6) is 0 Å². The summed E-state index contributed by atoms with van der Waals surface area (Å²) in [5.74, 6) is 0. The maximum absolute atomic E-state index is 16.5. The van der Waals surface area contributed by atoms with Crippen LogP contribution in [0, 0.1) is 0 Å². The normalized spacial score (nSPS) is 12.7. The Morgan fingerprint density at radius 1 is 0.169 bits per heavy atom. The van der Waals surface area contributed by atoms with Crippen LogP contribution >= 0.6 is 0 Å². The number of aromatic nitrogens is 4. The van der Waals surface area contributed by atoms with Crippen LogP contribution in [-0.2, 0) is 26.2 Å². The molecular formula is C106H112N4O8. The standard InChI is InChI=1S/C106H112N4O8/c1-5-9-13-17-21-25-29-33-43-55-107-99(111)69-53-51-67-83-71(65-47-39-37-40-48-65)59-77-89-81(105(117)109(101(77)113)57-45-35-31-27-23-19-15-11-7-3)63-75-88-76-64-82-90-78(102(114)110(106(82)118)58-46-36-32-28-24-20-16-12-8-4)60-72(66-49-41-38-42-50-66)84-68-52-54-70-86-80(104(116)108(100(70)112)56-44-34-30-26-22-18-14-10-6-2)62-74(94(92(68)86)96(76)98(84)90)87(88)73-61-79(103(107)115)85(69)91(67)93(73)95(75)97(83)89/h37-42,47-54,59-64H,5-36,43-46,55-58H2,1-4H3. The number of nitrogens with zero attached hydrogens (tertiary/aromatic N) is 4. The van der Waals surface area contributed by atoms with Gasteiger partial charge in [-0.3, -0.25) is 56.6 Å². The third-order valence-electron chi connectivity index (χ3n) is 27.7. The maximum atomic E-state index is 16.5. The van der Waals surface area contributed by atoms with E-state index < -0.39 is 22.2 Å². The van der Waals surface area contributed by atoms with Crippen LogP contribution in [0.2, 0.25) is 0 Å². The van der Waals surface area contributed by atoms with Crippen LogP contribution in [0.1, 0.15) is 259 Å². The van der Waals surface area contributed by atoms with Crippen molar-refractivity contribution in [1.82, 2.24) is 18.3 Å². The molecule has 0 atom stereocenters. The van der Waals surface area contributed by atoms with Gasteiger partial charge in [-0.1, -0.05) is 306 Å². The summed E-state index contributed by atoms with van der Waals surface area (Å²) in [6, 6.07) is 40.1. The molecule has 4 aromatic heterocycles. The Labute approximate surface area is 687 Å². The second-order valence-corrected chi connectivity index (χ2v) is 35.2. The predicted octanol–water partition coefficient (Wildman–Crippen LogP) is 26.0. The summed E-state index contributed by atoms with van der Waals surface area (Å²) in [6.07, 6.45) is 38.2. The van der Waals surface area contributed by atoms with Crippen molar-refractivity contribution in [1.29, 1.82) is 0 Å². The lowest BCUT2D eigenvalue weighted by Crippen LogP contribution is -2.34. The van der Waals surface area contributed by atoms with Gasteiger partial charge in [-0.05, 0) is 183 Å². The minimum atomic E-state index is -0.396. The van der Waals surface area contributed by atoms with Crippen molar-refractivity contribution in [2.45, 2.75) is 285 Å². The minimum Gasteiger partial charge on any atom is -0.274 e. The first-order valence-corrected chi connectivity index (χ1v) is 45.9. The minimum absolute atomic E-state index is 0.224. The van der Waals surface area contributed by atoms with Gasteiger partial charge in [-0.15, -0.1) is 0 Å². The summed E-state index contributed by atoms with van der Waals surface area (Å²) in [7, 11) is 0. The van der Waals surface area contributed by atoms with Gasteiger partial charge in [0.05, 0.1) is 0 Å². The van der Waals surface area contributed by atoms with Crippen molar-refractivity contribution in [2.24, 2.45) is 0 Å². The Kier molecular flexibility index (Phi) is 22.5. The van der Waals surface area contributed by atoms with Crippen molar-refractivity contribution >= 4 is 162 Å². The quantitative estimate of drug-likeness (QED) is 0.0208. The van der Waals surface area contributed by atoms with E-state index in [0.717, 1.165) is 168 Å². The molecule has 0 amide bonds. The second kappa shape index (κ2) is 33.7. The molecule has 18 rings (SSSR count). The predicted molar refractivity (Wildman–Crippen MR) is 500 cm³/mol. The molecule has 0 aliphatic heterocycles. The van der Waals surface area contributed by atoms with E-state index in [0.29, 0.717) is 144 Å². The molecule has 0 aliphatic rings. The van der Waals surface area contributed by atoms with E-state index in [2.05, 4.69) is 52.0 Å². The summed E-state index contributed by atoms with van der Waals surface area (Å²) >= 11 is 0. The van der Waals surface area contributed by atoms with Gasteiger partial charge in [0.1, 0.15) is 0 Å². The molecule has 18 aromatic rings. The second-order valence-electron chi connectivity index (χ2n) is 35.2. The molecule has 0 saturated heterocycles. The number of pyridine rings is 4. The highest BCUT2D eigenvalue weighted by molar-refractivity contribution is 6.57. The molecule has 4 heterocycles. The lowest BCUT2D eigenvalue weighted by atomic mass is 9.75. The molecular weight excluding hydrogens is 1460 g/mol. The van der Waals surface area contributed by atoms with E-state index in [-0.39, 0.29) is 48.4 Å². The highest BCUT2D eigenvalue weighted by Crippen LogP contribution is 2.59. The molecule has 118 heavy (non-hydrogen) atoms. The number of rotatable bonds is 42. The van der Waals surface area contributed by atoms with Gasteiger partial charge in [0.2, 0.25) is 0 Å². The number of fused-ring (bicyclic) bond motifs is 7. The first kappa shape index (κ1) is 78.7. The molecule has 0 bridgehead atoms. The molecule has 12 heteroatoms. The van der Waals surface area contributed by atoms with Crippen LogP contribution in [0.4, 0.5) is 0 Å². The summed E-state index contributed by atoms with van der Waals surface area (Å²) in [4.78, 5) is 129.